The van der Waals surface area contributed by atoms with Crippen LogP contribution in [0.25, 0.3) is 0 Å². The summed E-state index contributed by atoms with van der Waals surface area (Å²) in [6, 6.07) is 0. The van der Waals surface area contributed by atoms with E-state index in [0.29, 0.717) is 24.7 Å². The Kier molecular flexibility index (Phi) is 4.49. The smallest absolute Gasteiger partial charge is 0.220 e. The summed E-state index contributed by atoms with van der Waals surface area (Å²) in [5.41, 5.74) is 0.198. The number of terminal acetylenes is 1. The van der Waals surface area contributed by atoms with E-state index in [0.717, 1.165) is 37.1 Å². The third-order valence-electron chi connectivity index (χ3n) is 6.64. The van der Waals surface area contributed by atoms with Gasteiger partial charge in [0.05, 0.1) is 0 Å². The van der Waals surface area contributed by atoms with Crippen LogP contribution >= 0.6 is 0 Å². The maximum absolute atomic E-state index is 12.0. The van der Waals surface area contributed by atoms with Crippen molar-refractivity contribution in [2.75, 3.05) is 6.54 Å². The second-order valence-electron chi connectivity index (χ2n) is 8.22. The predicted molar refractivity (Wildman–Crippen MR) is 90.6 cm³/mol. The minimum absolute atomic E-state index is 0.129. The zero-order valence-corrected chi connectivity index (χ0v) is 14.5. The molecule has 0 spiro atoms. The minimum Gasteiger partial charge on any atom is -0.356 e. The van der Waals surface area contributed by atoms with E-state index in [1.54, 1.807) is 0 Å². The van der Waals surface area contributed by atoms with Crippen LogP contribution < -0.4 is 5.32 Å². The van der Waals surface area contributed by atoms with Crippen molar-refractivity contribution in [1.29, 1.82) is 0 Å². The van der Waals surface area contributed by atoms with Gasteiger partial charge in [0, 0.05) is 32.2 Å². The van der Waals surface area contributed by atoms with Crippen molar-refractivity contribution >= 4 is 5.91 Å². The molecule has 3 aliphatic carbocycles. The third kappa shape index (κ3) is 3.44. The molecule has 3 fully saturated rings. The summed E-state index contributed by atoms with van der Waals surface area (Å²) < 4.78 is 0. The Balaban J connectivity index is 1.32. The molecule has 2 bridgehead atoms. The van der Waals surface area contributed by atoms with Crippen LogP contribution in [-0.4, -0.2) is 18.1 Å². The van der Waals surface area contributed by atoms with Gasteiger partial charge in [-0.3, -0.25) is 4.79 Å². The number of rotatable bonds is 8. The van der Waals surface area contributed by atoms with Gasteiger partial charge in [0.25, 0.3) is 0 Å². The van der Waals surface area contributed by atoms with Gasteiger partial charge in [0.1, 0.15) is 0 Å². The van der Waals surface area contributed by atoms with E-state index >= 15 is 0 Å². The quantitative estimate of drug-likeness (QED) is 0.678. The highest BCUT2D eigenvalue weighted by atomic mass is 16.1. The van der Waals surface area contributed by atoms with Crippen LogP contribution in [0.2, 0.25) is 0 Å². The molecule has 0 aromatic carbocycles. The Hall–Kier alpha value is -1.37. The number of carbonyl (C=O) groups is 1. The summed E-state index contributed by atoms with van der Waals surface area (Å²) in [7, 11) is 0. The maximum atomic E-state index is 12.0. The molecule has 3 atom stereocenters. The van der Waals surface area contributed by atoms with Crippen molar-refractivity contribution in [1.82, 2.24) is 5.32 Å². The number of hydrogen-bond acceptors (Lipinski definition) is 3. The van der Waals surface area contributed by atoms with Gasteiger partial charge < -0.3 is 5.32 Å². The van der Waals surface area contributed by atoms with Crippen LogP contribution in [0.1, 0.15) is 65.2 Å². The Bertz CT molecular complexity index is 523. The maximum Gasteiger partial charge on any atom is 0.220 e. The number of nitrogens with one attached hydrogen (secondary N) is 1. The zero-order chi connectivity index (χ0) is 16.5. The molecule has 126 valence electrons. The fourth-order valence-corrected chi connectivity index (χ4v) is 4.78. The summed E-state index contributed by atoms with van der Waals surface area (Å²) in [6.07, 6.45) is 13.2. The number of hydrogen-bond donors (Lipinski definition) is 1. The standard InChI is InChI=1S/C19H29N3O/c1-4-5-10-19(21-22-19)11-8-17(23)20-12-9-14-6-7-15-13-16(14)18(15,2)3/h1,14-16H,5-13H2,2-3H3,(H,20,23)/t14-,15-,16-/m0/s1. The molecule has 0 saturated heterocycles. The van der Waals surface area contributed by atoms with Gasteiger partial charge in [0.15, 0.2) is 5.66 Å². The van der Waals surface area contributed by atoms with Crippen molar-refractivity contribution in [2.45, 2.75) is 70.9 Å². The highest BCUT2D eigenvalue weighted by molar-refractivity contribution is 5.75. The number of fused-ring (bicyclic) bond motifs is 2. The molecule has 0 unspecified atom stereocenters. The lowest BCUT2D eigenvalue weighted by atomic mass is 9.45. The van der Waals surface area contributed by atoms with Gasteiger partial charge in [-0.05, 0) is 48.9 Å². The molecule has 4 aliphatic rings. The third-order valence-corrected chi connectivity index (χ3v) is 6.64. The molecule has 4 nitrogen and oxygen atoms in total. The van der Waals surface area contributed by atoms with Crippen LogP contribution in [0.5, 0.6) is 0 Å². The lowest BCUT2D eigenvalue weighted by Crippen LogP contribution is -2.52. The van der Waals surface area contributed by atoms with Gasteiger partial charge in [-0.25, -0.2) is 0 Å². The van der Waals surface area contributed by atoms with E-state index in [9.17, 15) is 4.79 Å². The van der Waals surface area contributed by atoms with Gasteiger partial charge in [-0.15, -0.1) is 12.3 Å². The fraction of sp³-hybridized carbons (Fsp3) is 0.842. The Labute approximate surface area is 139 Å². The average molecular weight is 315 g/mol. The van der Waals surface area contributed by atoms with Gasteiger partial charge in [-0.1, -0.05) is 13.8 Å². The molecule has 1 aliphatic heterocycles. The molecule has 0 radical (unpaired) electrons. The molecule has 0 aromatic rings. The first-order valence-electron chi connectivity index (χ1n) is 9.11. The molecule has 0 aromatic heterocycles. The molecule has 1 N–H and O–H groups in total. The lowest BCUT2D eigenvalue weighted by molar-refractivity contribution is -0.122. The van der Waals surface area contributed by atoms with Crippen LogP contribution in [-0.2, 0) is 4.79 Å². The van der Waals surface area contributed by atoms with Crippen molar-refractivity contribution in [3.05, 3.63) is 0 Å². The number of carbonyl (C=O) groups excluding carboxylic acids is 1. The average Bonchev–Trinajstić information content (AvgIpc) is 3.31. The van der Waals surface area contributed by atoms with E-state index in [4.69, 9.17) is 6.42 Å². The predicted octanol–water partition coefficient (Wildman–Crippen LogP) is 3.92. The molecule has 23 heavy (non-hydrogen) atoms. The van der Waals surface area contributed by atoms with E-state index in [1.165, 1.54) is 19.3 Å². The SMILES string of the molecule is C#CCCC1(CCC(=O)NCC[C@@H]2CC[C@H]3C[C@@H]2C3(C)C)N=N1. The normalized spacial score (nSPS) is 31.8. The summed E-state index contributed by atoms with van der Waals surface area (Å²) in [4.78, 5) is 12.0. The first-order valence-corrected chi connectivity index (χ1v) is 9.11. The van der Waals surface area contributed by atoms with E-state index < -0.39 is 0 Å². The minimum atomic E-state index is -0.335. The van der Waals surface area contributed by atoms with Crippen LogP contribution in [0, 0.1) is 35.5 Å². The molecule has 1 heterocycles. The molecule has 4 rings (SSSR count). The molecular formula is C19H29N3O. The summed E-state index contributed by atoms with van der Waals surface area (Å²) in [5, 5.41) is 11.2. The van der Waals surface area contributed by atoms with Crippen molar-refractivity contribution in [2.24, 2.45) is 33.4 Å². The fourth-order valence-electron chi connectivity index (χ4n) is 4.78. The topological polar surface area (TPSA) is 53.8 Å². The number of amides is 1. The van der Waals surface area contributed by atoms with Crippen molar-refractivity contribution in [3.8, 4) is 12.3 Å². The van der Waals surface area contributed by atoms with E-state index in [2.05, 4.69) is 35.3 Å². The first-order chi connectivity index (χ1) is 11.0. The van der Waals surface area contributed by atoms with Crippen LogP contribution in [0.4, 0.5) is 0 Å². The summed E-state index contributed by atoms with van der Waals surface area (Å²) in [5.74, 6) is 5.36. The number of nitrogens with zero attached hydrogens (tertiary/aromatic N) is 2. The highest BCUT2D eigenvalue weighted by Crippen LogP contribution is 2.61. The van der Waals surface area contributed by atoms with E-state index in [-0.39, 0.29) is 11.6 Å². The van der Waals surface area contributed by atoms with Gasteiger partial charge in [0.2, 0.25) is 5.91 Å². The second-order valence-corrected chi connectivity index (χ2v) is 8.22. The van der Waals surface area contributed by atoms with Crippen LogP contribution in [0.15, 0.2) is 10.2 Å². The molecule has 1 amide bonds. The van der Waals surface area contributed by atoms with Crippen molar-refractivity contribution < 1.29 is 4.79 Å². The van der Waals surface area contributed by atoms with Crippen LogP contribution in [0.3, 0.4) is 0 Å². The molecule has 4 heteroatoms. The second kappa shape index (κ2) is 6.26. The van der Waals surface area contributed by atoms with Gasteiger partial charge in [-0.2, -0.15) is 10.2 Å². The van der Waals surface area contributed by atoms with E-state index in [1.807, 2.05) is 0 Å². The first kappa shape index (κ1) is 16.5. The summed E-state index contributed by atoms with van der Waals surface area (Å²) >= 11 is 0. The Morgan fingerprint density at radius 1 is 1.30 bits per heavy atom. The monoisotopic (exact) mass is 315 g/mol. The lowest BCUT2D eigenvalue weighted by Gasteiger charge is -2.60. The van der Waals surface area contributed by atoms with Crippen molar-refractivity contribution in [3.63, 3.8) is 0 Å². The molecule has 3 saturated carbocycles. The Morgan fingerprint density at radius 2 is 2.09 bits per heavy atom. The molecular weight excluding hydrogens is 286 g/mol. The largest absolute Gasteiger partial charge is 0.356 e. The highest BCUT2D eigenvalue weighted by Gasteiger charge is 2.53. The Morgan fingerprint density at radius 3 is 2.70 bits per heavy atom. The zero-order valence-electron chi connectivity index (χ0n) is 14.5. The van der Waals surface area contributed by atoms with Gasteiger partial charge >= 0.3 is 0 Å². The summed E-state index contributed by atoms with van der Waals surface area (Å²) in [6.45, 7) is 5.66.